The first kappa shape index (κ1) is 16.3. The number of fused-ring (bicyclic) bond motifs is 1. The Morgan fingerprint density at radius 2 is 2.08 bits per heavy atom. The summed E-state index contributed by atoms with van der Waals surface area (Å²) < 4.78 is 28.6. The highest BCUT2D eigenvalue weighted by Gasteiger charge is 2.19. The van der Waals surface area contributed by atoms with Crippen LogP contribution in [0.5, 0.6) is 0 Å². The van der Waals surface area contributed by atoms with Crippen molar-refractivity contribution in [1.29, 1.82) is 0 Å². The number of hydrogen-bond donors (Lipinski definition) is 3. The third-order valence-electron chi connectivity index (χ3n) is 3.90. The number of aromatic amines is 1. The van der Waals surface area contributed by atoms with Gasteiger partial charge in [0.2, 0.25) is 10.0 Å². The van der Waals surface area contributed by atoms with Crippen molar-refractivity contribution >= 4 is 26.8 Å². The summed E-state index contributed by atoms with van der Waals surface area (Å²) in [5.41, 5.74) is 7.41. The van der Waals surface area contributed by atoms with Crippen molar-refractivity contribution in [2.75, 3.05) is 6.54 Å². The molecule has 24 heavy (non-hydrogen) atoms. The lowest BCUT2D eigenvalue weighted by molar-refractivity contribution is 0.0992. The summed E-state index contributed by atoms with van der Waals surface area (Å²) in [6, 6.07) is 9.12. The van der Waals surface area contributed by atoms with Gasteiger partial charge in [-0.05, 0) is 24.1 Å². The maximum Gasteiger partial charge on any atom is 0.265 e. The van der Waals surface area contributed by atoms with E-state index in [9.17, 15) is 13.2 Å². The average molecular weight is 346 g/mol. The van der Waals surface area contributed by atoms with Gasteiger partial charge in [-0.25, -0.2) is 13.1 Å². The molecule has 0 fully saturated rings. The van der Waals surface area contributed by atoms with Gasteiger partial charge in [-0.1, -0.05) is 18.2 Å². The molecule has 3 rings (SSSR count). The highest BCUT2D eigenvalue weighted by molar-refractivity contribution is 7.89. The predicted octanol–water partition coefficient (Wildman–Crippen LogP) is 1.13. The number of sulfonamides is 1. The first-order valence-electron chi connectivity index (χ1n) is 7.39. The minimum Gasteiger partial charge on any atom is -0.364 e. The Kier molecular flexibility index (Phi) is 4.16. The Hall–Kier alpha value is -2.58. The number of amides is 1. The van der Waals surface area contributed by atoms with Crippen LogP contribution in [0.25, 0.3) is 10.9 Å². The fraction of sp³-hybridized carbons (Fsp3) is 0.188. The van der Waals surface area contributed by atoms with Crippen molar-refractivity contribution in [2.24, 2.45) is 12.8 Å². The van der Waals surface area contributed by atoms with Crippen LogP contribution in [0.4, 0.5) is 0 Å². The fourth-order valence-electron chi connectivity index (χ4n) is 2.67. The Morgan fingerprint density at radius 1 is 1.33 bits per heavy atom. The molecule has 1 amide bonds. The number of nitrogens with one attached hydrogen (secondary N) is 2. The summed E-state index contributed by atoms with van der Waals surface area (Å²) in [7, 11) is -2.12. The normalized spacial score (nSPS) is 11.9. The molecule has 2 heterocycles. The highest BCUT2D eigenvalue weighted by atomic mass is 32.2. The van der Waals surface area contributed by atoms with E-state index in [1.165, 1.54) is 16.8 Å². The Morgan fingerprint density at radius 3 is 2.79 bits per heavy atom. The van der Waals surface area contributed by atoms with Gasteiger partial charge >= 0.3 is 0 Å². The molecule has 4 N–H and O–H groups in total. The number of aromatic nitrogens is 2. The van der Waals surface area contributed by atoms with Crippen LogP contribution < -0.4 is 10.5 Å². The number of nitrogens with zero attached hydrogens (tertiary/aromatic N) is 1. The summed E-state index contributed by atoms with van der Waals surface area (Å²) in [6.45, 7) is 0.255. The maximum atomic E-state index is 12.3. The van der Waals surface area contributed by atoms with E-state index in [4.69, 9.17) is 5.73 Å². The van der Waals surface area contributed by atoms with E-state index >= 15 is 0 Å². The van der Waals surface area contributed by atoms with Gasteiger partial charge in [-0.2, -0.15) is 0 Å². The molecule has 0 aliphatic rings. The molecule has 2 aromatic heterocycles. The topological polar surface area (TPSA) is 110 Å². The number of benzene rings is 1. The fourth-order valence-corrected chi connectivity index (χ4v) is 3.77. The number of primary amides is 1. The number of aryl methyl sites for hydroxylation is 1. The molecule has 0 aliphatic carbocycles. The third kappa shape index (κ3) is 3.06. The van der Waals surface area contributed by atoms with E-state index in [0.29, 0.717) is 6.42 Å². The molecule has 0 aliphatic heterocycles. The van der Waals surface area contributed by atoms with Crippen LogP contribution in [-0.4, -0.2) is 30.4 Å². The van der Waals surface area contributed by atoms with Crippen molar-refractivity contribution in [3.05, 3.63) is 54.0 Å². The number of H-pyrrole nitrogens is 1. The van der Waals surface area contributed by atoms with E-state index in [2.05, 4.69) is 9.71 Å². The largest absolute Gasteiger partial charge is 0.364 e. The predicted molar refractivity (Wildman–Crippen MR) is 91.1 cm³/mol. The molecule has 7 nitrogen and oxygen atoms in total. The zero-order valence-electron chi connectivity index (χ0n) is 13.1. The zero-order chi connectivity index (χ0) is 17.3. The minimum atomic E-state index is -3.69. The summed E-state index contributed by atoms with van der Waals surface area (Å²) in [5.74, 6) is -0.669. The molecule has 0 spiro atoms. The van der Waals surface area contributed by atoms with E-state index in [-0.39, 0.29) is 17.1 Å². The maximum absolute atomic E-state index is 12.3. The molecule has 0 saturated carbocycles. The molecule has 3 aromatic rings. The molecule has 126 valence electrons. The van der Waals surface area contributed by atoms with Crippen molar-refractivity contribution in [3.63, 3.8) is 0 Å². The number of carbonyl (C=O) groups is 1. The molecule has 0 saturated heterocycles. The smallest absolute Gasteiger partial charge is 0.265 e. The van der Waals surface area contributed by atoms with E-state index in [1.54, 1.807) is 7.05 Å². The lowest BCUT2D eigenvalue weighted by atomic mass is 10.1. The van der Waals surface area contributed by atoms with Crippen LogP contribution in [-0.2, 0) is 23.5 Å². The third-order valence-corrected chi connectivity index (χ3v) is 5.33. The van der Waals surface area contributed by atoms with Crippen LogP contribution in [0.2, 0.25) is 0 Å². The first-order chi connectivity index (χ1) is 11.4. The van der Waals surface area contributed by atoms with E-state index < -0.39 is 15.9 Å². The number of nitrogens with two attached hydrogens (primary N) is 1. The highest BCUT2D eigenvalue weighted by Crippen LogP contribution is 2.18. The Labute approximate surface area is 139 Å². The van der Waals surface area contributed by atoms with Gasteiger partial charge in [0.25, 0.3) is 5.91 Å². The summed E-state index contributed by atoms with van der Waals surface area (Å²) in [4.78, 5) is 14.4. The molecular weight excluding hydrogens is 328 g/mol. The van der Waals surface area contributed by atoms with Gasteiger partial charge in [0.15, 0.2) is 0 Å². The second-order valence-electron chi connectivity index (χ2n) is 5.54. The van der Waals surface area contributed by atoms with Crippen molar-refractivity contribution in [3.8, 4) is 0 Å². The molecule has 0 bridgehead atoms. The number of carbonyl (C=O) groups excluding carboxylic acids is 1. The van der Waals surface area contributed by atoms with Crippen LogP contribution in [0.1, 0.15) is 16.1 Å². The molecular formula is C16H18N4O3S. The van der Waals surface area contributed by atoms with Gasteiger partial charge in [0.05, 0.1) is 0 Å². The van der Waals surface area contributed by atoms with Gasteiger partial charge in [0, 0.05) is 36.9 Å². The average Bonchev–Trinajstić information content (AvgIpc) is 3.12. The van der Waals surface area contributed by atoms with Gasteiger partial charge in [0.1, 0.15) is 10.6 Å². The number of rotatable bonds is 6. The molecule has 0 radical (unpaired) electrons. The van der Waals surface area contributed by atoms with Crippen molar-refractivity contribution in [1.82, 2.24) is 14.3 Å². The van der Waals surface area contributed by atoms with E-state index in [0.717, 1.165) is 16.5 Å². The quantitative estimate of drug-likeness (QED) is 0.622. The Balaban J connectivity index is 1.71. The van der Waals surface area contributed by atoms with Crippen LogP contribution in [0.15, 0.2) is 47.6 Å². The van der Waals surface area contributed by atoms with Gasteiger partial charge in [-0.3, -0.25) is 4.79 Å². The standard InChI is InChI=1S/C16H18N4O3S/c1-20-10-12(8-15(20)16(17)21)24(22,23)19-7-6-11-9-18-14-5-3-2-4-13(11)14/h2-5,8-10,18-19H,6-7H2,1H3,(H2,17,21). The van der Waals surface area contributed by atoms with Gasteiger partial charge in [-0.15, -0.1) is 0 Å². The van der Waals surface area contributed by atoms with Crippen LogP contribution >= 0.6 is 0 Å². The van der Waals surface area contributed by atoms with Gasteiger partial charge < -0.3 is 15.3 Å². The summed E-state index contributed by atoms with van der Waals surface area (Å²) in [6.07, 6.45) is 3.81. The Bertz CT molecular complexity index is 1000. The molecule has 0 atom stereocenters. The van der Waals surface area contributed by atoms with Crippen molar-refractivity contribution < 1.29 is 13.2 Å². The number of hydrogen-bond acceptors (Lipinski definition) is 3. The lowest BCUT2D eigenvalue weighted by Gasteiger charge is -2.04. The van der Waals surface area contributed by atoms with Crippen LogP contribution in [0, 0.1) is 0 Å². The minimum absolute atomic E-state index is 0.0257. The second kappa shape index (κ2) is 6.14. The lowest BCUT2D eigenvalue weighted by Crippen LogP contribution is -2.25. The molecule has 0 unspecified atom stereocenters. The molecule has 8 heteroatoms. The summed E-state index contributed by atoms with van der Waals surface area (Å²) in [5, 5.41) is 1.08. The first-order valence-corrected chi connectivity index (χ1v) is 8.87. The molecule has 1 aromatic carbocycles. The zero-order valence-corrected chi connectivity index (χ0v) is 13.9. The van der Waals surface area contributed by atoms with E-state index in [1.807, 2.05) is 30.5 Å². The van der Waals surface area contributed by atoms with Crippen LogP contribution in [0.3, 0.4) is 0 Å². The van der Waals surface area contributed by atoms with Crippen molar-refractivity contribution in [2.45, 2.75) is 11.3 Å². The second-order valence-corrected chi connectivity index (χ2v) is 7.31. The SMILES string of the molecule is Cn1cc(S(=O)(=O)NCCc2c[nH]c3ccccc23)cc1C(N)=O. The summed E-state index contributed by atoms with van der Waals surface area (Å²) >= 11 is 0. The monoisotopic (exact) mass is 346 g/mol. The number of para-hydroxylation sites is 1.